The first-order valence-electron chi connectivity index (χ1n) is 11.9. The van der Waals surface area contributed by atoms with Gasteiger partial charge in [0.2, 0.25) is 0 Å². The van der Waals surface area contributed by atoms with Gasteiger partial charge in [0.05, 0.1) is 18.8 Å². The topological polar surface area (TPSA) is 65.0 Å². The molecule has 2 N–H and O–H groups in total. The average Bonchev–Trinajstić information content (AvgIpc) is 2.70. The van der Waals surface area contributed by atoms with Crippen LogP contribution in [0, 0.1) is 0 Å². The Hall–Kier alpha value is -1.13. The van der Waals surface area contributed by atoms with Gasteiger partial charge in [-0.1, -0.05) is 6.07 Å². The zero-order valence-electron chi connectivity index (χ0n) is 21.1. The number of halogens is 1. The quantitative estimate of drug-likeness (QED) is 0.196. The van der Waals surface area contributed by atoms with E-state index >= 15 is 0 Å². The van der Waals surface area contributed by atoms with Gasteiger partial charge < -0.3 is 20.3 Å². The third kappa shape index (κ3) is 9.79. The minimum atomic E-state index is 0. The number of guanidine groups is 1. The highest BCUT2D eigenvalue weighted by Crippen LogP contribution is 2.18. The van der Waals surface area contributed by atoms with Crippen molar-refractivity contribution in [3.63, 3.8) is 0 Å². The van der Waals surface area contributed by atoms with Crippen molar-refractivity contribution >= 4 is 35.8 Å². The van der Waals surface area contributed by atoms with Crippen LogP contribution in [-0.2, 0) is 11.3 Å². The number of nitrogens with zero attached hydrogens (tertiary/aromatic N) is 4. The van der Waals surface area contributed by atoms with Gasteiger partial charge in [0.25, 0.3) is 0 Å². The summed E-state index contributed by atoms with van der Waals surface area (Å²) in [5.41, 5.74) is 1.11. The smallest absolute Gasteiger partial charge is 0.191 e. The molecule has 2 rings (SSSR count). The van der Waals surface area contributed by atoms with Crippen molar-refractivity contribution in [3.05, 3.63) is 23.9 Å². The van der Waals surface area contributed by atoms with Gasteiger partial charge in [-0.05, 0) is 66.5 Å². The van der Waals surface area contributed by atoms with E-state index < -0.39 is 0 Å². The minimum Gasteiger partial charge on any atom is -0.372 e. The standard InChI is InChI=1S/C24H44N6O.HI/c1-8-25-24(26-12-9-13-30(18(2)3)19(4)5)28-15-22-10-11-23(27-14-22)29-16-20(6)31-21(7)17-29;/h10-11,14,18-21H,8-9,12-13,15-17H2,1-7H3,(H2,25,26,28);1H. The summed E-state index contributed by atoms with van der Waals surface area (Å²) < 4.78 is 5.82. The number of hydrogen-bond acceptors (Lipinski definition) is 5. The van der Waals surface area contributed by atoms with E-state index in [1.165, 1.54) is 0 Å². The number of hydrogen-bond donors (Lipinski definition) is 2. The predicted octanol–water partition coefficient (Wildman–Crippen LogP) is 3.88. The van der Waals surface area contributed by atoms with Gasteiger partial charge >= 0.3 is 0 Å². The molecule has 0 amide bonds. The largest absolute Gasteiger partial charge is 0.372 e. The lowest BCUT2D eigenvalue weighted by Gasteiger charge is -2.36. The first-order chi connectivity index (χ1) is 14.8. The highest BCUT2D eigenvalue weighted by atomic mass is 127. The fourth-order valence-corrected chi connectivity index (χ4v) is 4.16. The number of aliphatic imine (C=N–C) groups is 1. The minimum absolute atomic E-state index is 0. The predicted molar refractivity (Wildman–Crippen MR) is 146 cm³/mol. The summed E-state index contributed by atoms with van der Waals surface area (Å²) in [7, 11) is 0. The van der Waals surface area contributed by atoms with Crippen LogP contribution < -0.4 is 15.5 Å². The van der Waals surface area contributed by atoms with Gasteiger partial charge in [-0.15, -0.1) is 24.0 Å². The molecule has 2 atom stereocenters. The molecule has 1 aromatic heterocycles. The summed E-state index contributed by atoms with van der Waals surface area (Å²) in [6, 6.07) is 5.37. The second-order valence-electron chi connectivity index (χ2n) is 9.09. The van der Waals surface area contributed by atoms with Crippen LogP contribution in [0.3, 0.4) is 0 Å². The SMILES string of the molecule is CCNC(=NCc1ccc(N2CC(C)OC(C)C2)nc1)NCCCN(C(C)C)C(C)C.I. The van der Waals surface area contributed by atoms with E-state index in [2.05, 4.69) is 86.0 Å². The lowest BCUT2D eigenvalue weighted by molar-refractivity contribution is -0.00545. The Kier molecular flexibility index (Phi) is 13.5. The fraction of sp³-hybridized carbons (Fsp3) is 0.750. The first kappa shape index (κ1) is 28.9. The number of nitrogens with one attached hydrogen (secondary N) is 2. The number of pyridine rings is 1. The number of ether oxygens (including phenoxy) is 1. The van der Waals surface area contributed by atoms with Crippen LogP contribution in [-0.4, -0.2) is 72.9 Å². The Bertz CT molecular complexity index is 649. The van der Waals surface area contributed by atoms with Gasteiger partial charge in [-0.3, -0.25) is 4.90 Å². The highest BCUT2D eigenvalue weighted by molar-refractivity contribution is 14.0. The average molecular weight is 561 g/mol. The molecule has 1 aliphatic heterocycles. The van der Waals surface area contributed by atoms with Gasteiger partial charge in [-0.25, -0.2) is 9.98 Å². The first-order valence-corrected chi connectivity index (χ1v) is 11.9. The van der Waals surface area contributed by atoms with Crippen LogP contribution in [0.5, 0.6) is 0 Å². The molecule has 0 saturated carbocycles. The summed E-state index contributed by atoms with van der Waals surface area (Å²) in [6.45, 7) is 20.6. The molecular weight excluding hydrogens is 515 g/mol. The highest BCUT2D eigenvalue weighted by Gasteiger charge is 2.22. The molecule has 7 nitrogen and oxygen atoms in total. The van der Waals surface area contributed by atoms with Crippen LogP contribution >= 0.6 is 24.0 Å². The van der Waals surface area contributed by atoms with Gasteiger partial charge in [0.15, 0.2) is 5.96 Å². The van der Waals surface area contributed by atoms with E-state index in [1.807, 2.05) is 6.20 Å². The summed E-state index contributed by atoms with van der Waals surface area (Å²) in [6.07, 6.45) is 3.50. The number of anilines is 1. The summed E-state index contributed by atoms with van der Waals surface area (Å²) >= 11 is 0. The van der Waals surface area contributed by atoms with Crippen molar-refractivity contribution in [2.24, 2.45) is 4.99 Å². The third-order valence-electron chi connectivity index (χ3n) is 5.53. The molecule has 0 radical (unpaired) electrons. The Morgan fingerprint density at radius 2 is 1.81 bits per heavy atom. The number of morpholine rings is 1. The summed E-state index contributed by atoms with van der Waals surface area (Å²) in [5.74, 6) is 1.88. The maximum Gasteiger partial charge on any atom is 0.191 e. The third-order valence-corrected chi connectivity index (χ3v) is 5.53. The van der Waals surface area contributed by atoms with Crippen LogP contribution in [0.2, 0.25) is 0 Å². The lowest BCUT2D eigenvalue weighted by Crippen LogP contribution is -2.45. The van der Waals surface area contributed by atoms with Crippen molar-refractivity contribution in [2.75, 3.05) is 37.6 Å². The Balaban J connectivity index is 0.00000512. The van der Waals surface area contributed by atoms with E-state index in [1.54, 1.807) is 0 Å². The maximum absolute atomic E-state index is 5.82. The van der Waals surface area contributed by atoms with Crippen LogP contribution in [0.4, 0.5) is 5.82 Å². The normalized spacial score (nSPS) is 19.4. The maximum atomic E-state index is 5.82. The molecule has 1 aliphatic rings. The van der Waals surface area contributed by atoms with Gasteiger partial charge in [0.1, 0.15) is 5.82 Å². The molecule has 1 fully saturated rings. The van der Waals surface area contributed by atoms with Gasteiger partial charge in [-0.2, -0.15) is 0 Å². The van der Waals surface area contributed by atoms with Gasteiger partial charge in [0, 0.05) is 51.0 Å². The van der Waals surface area contributed by atoms with E-state index in [0.717, 1.165) is 56.5 Å². The fourth-order valence-electron chi connectivity index (χ4n) is 4.16. The molecule has 0 spiro atoms. The Morgan fingerprint density at radius 1 is 1.16 bits per heavy atom. The lowest BCUT2D eigenvalue weighted by atomic mass is 10.2. The molecule has 0 aromatic carbocycles. The summed E-state index contributed by atoms with van der Waals surface area (Å²) in [4.78, 5) is 14.2. The molecule has 8 heteroatoms. The van der Waals surface area contributed by atoms with E-state index in [-0.39, 0.29) is 36.2 Å². The number of rotatable bonds is 10. The van der Waals surface area contributed by atoms with E-state index in [9.17, 15) is 0 Å². The second kappa shape index (κ2) is 14.9. The van der Waals surface area contributed by atoms with Crippen LogP contribution in [0.1, 0.15) is 60.5 Å². The van der Waals surface area contributed by atoms with Crippen molar-refractivity contribution in [3.8, 4) is 0 Å². The van der Waals surface area contributed by atoms with Crippen molar-refractivity contribution in [2.45, 2.75) is 85.7 Å². The molecule has 0 aliphatic carbocycles. The molecule has 2 unspecified atom stereocenters. The second-order valence-corrected chi connectivity index (χ2v) is 9.09. The van der Waals surface area contributed by atoms with E-state index in [4.69, 9.17) is 9.73 Å². The molecule has 1 aromatic rings. The Labute approximate surface area is 212 Å². The molecule has 1 saturated heterocycles. The van der Waals surface area contributed by atoms with Crippen molar-refractivity contribution < 1.29 is 4.74 Å². The Morgan fingerprint density at radius 3 is 2.34 bits per heavy atom. The zero-order valence-corrected chi connectivity index (χ0v) is 23.4. The van der Waals surface area contributed by atoms with Crippen molar-refractivity contribution in [1.82, 2.24) is 20.5 Å². The monoisotopic (exact) mass is 560 g/mol. The van der Waals surface area contributed by atoms with E-state index in [0.29, 0.717) is 18.6 Å². The van der Waals surface area contributed by atoms with Crippen LogP contribution in [0.25, 0.3) is 0 Å². The molecule has 184 valence electrons. The molecular formula is C24H45IN6O. The zero-order chi connectivity index (χ0) is 22.8. The van der Waals surface area contributed by atoms with Crippen LogP contribution in [0.15, 0.2) is 23.3 Å². The molecule has 2 heterocycles. The summed E-state index contributed by atoms with van der Waals surface area (Å²) in [5, 5.41) is 6.81. The molecule has 0 bridgehead atoms. The number of aromatic nitrogens is 1. The van der Waals surface area contributed by atoms with Crippen molar-refractivity contribution in [1.29, 1.82) is 0 Å². The molecule has 32 heavy (non-hydrogen) atoms.